The van der Waals surface area contributed by atoms with E-state index < -0.39 is 5.51 Å². The predicted octanol–water partition coefficient (Wildman–Crippen LogP) is 3.50. The normalized spacial score (nSPS) is 12.8. The van der Waals surface area contributed by atoms with E-state index in [2.05, 4.69) is 14.7 Å². The van der Waals surface area contributed by atoms with Crippen molar-refractivity contribution in [3.63, 3.8) is 0 Å². The Balaban J connectivity index is 2.36. The average molecular weight is 285 g/mol. The van der Waals surface area contributed by atoms with Gasteiger partial charge in [-0.15, -0.1) is 0 Å². The maximum absolute atomic E-state index is 11.9. The molecule has 0 aromatic carbocycles. The van der Waals surface area contributed by atoms with Crippen LogP contribution in [0, 0.1) is 0 Å². The summed E-state index contributed by atoms with van der Waals surface area (Å²) in [5, 5.41) is 3.40. The maximum Gasteiger partial charge on any atom is 0.441 e. The van der Waals surface area contributed by atoms with Crippen LogP contribution in [-0.4, -0.2) is 27.2 Å². The van der Waals surface area contributed by atoms with Crippen molar-refractivity contribution in [1.82, 2.24) is 9.36 Å². The lowest BCUT2D eigenvalue weighted by Crippen LogP contribution is -2.14. The van der Waals surface area contributed by atoms with Crippen molar-refractivity contribution < 1.29 is 13.2 Å². The number of hydrogen-bond donors (Lipinski definition) is 1. The summed E-state index contributed by atoms with van der Waals surface area (Å²) in [5.41, 5.74) is -4.31. The first-order valence-corrected chi connectivity index (χ1v) is 6.73. The van der Waals surface area contributed by atoms with E-state index >= 15 is 0 Å². The van der Waals surface area contributed by atoms with Gasteiger partial charge in [-0.25, -0.2) is 4.98 Å². The molecule has 0 unspecified atom stereocenters. The molecule has 0 aliphatic rings. The molecule has 17 heavy (non-hydrogen) atoms. The third-order valence-corrected chi connectivity index (χ3v) is 3.15. The standard InChI is InChI=1S/C9H14F3N3S2/c1-8(2,3)6-14-7(17-15-6)13-4-5-16-9(10,11)12/h4-5H2,1-3H3,(H,13,14,15). The molecule has 1 N–H and O–H groups in total. The minimum Gasteiger partial charge on any atom is -0.359 e. The lowest BCUT2D eigenvalue weighted by molar-refractivity contribution is -0.0327. The quantitative estimate of drug-likeness (QED) is 0.859. The maximum atomic E-state index is 11.9. The van der Waals surface area contributed by atoms with Gasteiger partial charge in [-0.1, -0.05) is 20.8 Å². The zero-order chi connectivity index (χ0) is 13.1. The molecule has 8 heteroatoms. The van der Waals surface area contributed by atoms with Gasteiger partial charge < -0.3 is 5.32 Å². The first-order valence-electron chi connectivity index (χ1n) is 4.97. The fourth-order valence-electron chi connectivity index (χ4n) is 0.925. The Morgan fingerprint density at radius 2 is 1.94 bits per heavy atom. The number of alkyl halides is 3. The Hall–Kier alpha value is -0.500. The van der Waals surface area contributed by atoms with Gasteiger partial charge >= 0.3 is 5.51 Å². The van der Waals surface area contributed by atoms with Crippen LogP contribution in [0.25, 0.3) is 0 Å². The Bertz CT molecular complexity index is 357. The van der Waals surface area contributed by atoms with E-state index in [-0.39, 0.29) is 29.5 Å². The number of hydrogen-bond acceptors (Lipinski definition) is 5. The zero-order valence-electron chi connectivity index (χ0n) is 9.76. The summed E-state index contributed by atoms with van der Waals surface area (Å²) >= 11 is 1.13. The number of nitrogens with one attached hydrogen (secondary N) is 1. The molecule has 0 spiro atoms. The summed E-state index contributed by atoms with van der Waals surface area (Å²) in [5.74, 6) is 0.668. The molecular weight excluding hydrogens is 271 g/mol. The Morgan fingerprint density at radius 3 is 2.41 bits per heavy atom. The van der Waals surface area contributed by atoms with Crippen molar-refractivity contribution in [1.29, 1.82) is 0 Å². The molecule has 3 nitrogen and oxygen atoms in total. The molecule has 0 aliphatic heterocycles. The molecule has 0 atom stereocenters. The van der Waals surface area contributed by atoms with E-state index in [1.807, 2.05) is 20.8 Å². The highest BCUT2D eigenvalue weighted by molar-refractivity contribution is 8.00. The Labute approximate surface area is 106 Å². The second-order valence-corrected chi connectivity index (χ2v) is 6.31. The van der Waals surface area contributed by atoms with Crippen LogP contribution in [0.5, 0.6) is 0 Å². The number of halogens is 3. The number of rotatable bonds is 4. The summed E-state index contributed by atoms with van der Waals surface area (Å²) in [6, 6.07) is 0. The van der Waals surface area contributed by atoms with E-state index in [9.17, 15) is 13.2 Å². The molecule has 1 aromatic heterocycles. The molecule has 1 heterocycles. The van der Waals surface area contributed by atoms with Crippen LogP contribution in [0.2, 0.25) is 0 Å². The first-order chi connectivity index (χ1) is 7.68. The van der Waals surface area contributed by atoms with Crippen molar-refractivity contribution >= 4 is 28.4 Å². The third-order valence-electron chi connectivity index (χ3n) is 1.74. The van der Waals surface area contributed by atoms with Crippen molar-refractivity contribution in [3.05, 3.63) is 5.82 Å². The van der Waals surface area contributed by atoms with Crippen molar-refractivity contribution in [2.24, 2.45) is 0 Å². The van der Waals surface area contributed by atoms with Gasteiger partial charge in [0.25, 0.3) is 0 Å². The van der Waals surface area contributed by atoms with Crippen molar-refractivity contribution in [2.75, 3.05) is 17.6 Å². The topological polar surface area (TPSA) is 37.8 Å². The number of thioether (sulfide) groups is 1. The van der Waals surface area contributed by atoms with Gasteiger partial charge in [0.05, 0.1) is 0 Å². The summed E-state index contributed by atoms with van der Waals surface area (Å²) in [6.07, 6.45) is 0. The highest BCUT2D eigenvalue weighted by Crippen LogP contribution is 2.29. The van der Waals surface area contributed by atoms with E-state index in [1.165, 1.54) is 11.5 Å². The summed E-state index contributed by atoms with van der Waals surface area (Å²) in [4.78, 5) is 4.22. The minimum atomic E-state index is -4.17. The summed E-state index contributed by atoms with van der Waals surface area (Å²) in [6.45, 7) is 6.18. The average Bonchev–Trinajstić information content (AvgIpc) is 2.58. The van der Waals surface area contributed by atoms with Crippen LogP contribution in [0.3, 0.4) is 0 Å². The van der Waals surface area contributed by atoms with Gasteiger partial charge in [-0.2, -0.15) is 17.5 Å². The van der Waals surface area contributed by atoms with Crippen LogP contribution >= 0.6 is 23.3 Å². The van der Waals surface area contributed by atoms with Crippen LogP contribution in [0.15, 0.2) is 0 Å². The second-order valence-electron chi connectivity index (χ2n) is 4.39. The van der Waals surface area contributed by atoms with Gasteiger partial charge in [0.2, 0.25) is 5.13 Å². The lowest BCUT2D eigenvalue weighted by Gasteiger charge is -2.12. The first kappa shape index (κ1) is 14.6. The third kappa shape index (κ3) is 5.58. The minimum absolute atomic E-state index is 0.0338. The fourth-order valence-corrected chi connectivity index (χ4v) is 2.14. The van der Waals surface area contributed by atoms with Crippen molar-refractivity contribution in [2.45, 2.75) is 31.7 Å². The van der Waals surface area contributed by atoms with E-state index in [0.29, 0.717) is 11.0 Å². The molecule has 0 saturated carbocycles. The molecule has 0 radical (unpaired) electrons. The highest BCUT2D eigenvalue weighted by atomic mass is 32.2. The van der Waals surface area contributed by atoms with E-state index in [1.54, 1.807) is 0 Å². The zero-order valence-corrected chi connectivity index (χ0v) is 11.4. The van der Waals surface area contributed by atoms with Gasteiger partial charge in [-0.05, 0) is 11.8 Å². The van der Waals surface area contributed by atoms with E-state index in [0.717, 1.165) is 0 Å². The molecule has 1 aromatic rings. The number of nitrogens with zero attached hydrogens (tertiary/aromatic N) is 2. The molecule has 0 fully saturated rings. The van der Waals surface area contributed by atoms with Gasteiger partial charge in [-0.3, -0.25) is 0 Å². The predicted molar refractivity (Wildman–Crippen MR) is 65.6 cm³/mol. The highest BCUT2D eigenvalue weighted by Gasteiger charge is 2.27. The van der Waals surface area contributed by atoms with Gasteiger partial charge in [0.1, 0.15) is 5.82 Å². The van der Waals surface area contributed by atoms with E-state index in [4.69, 9.17) is 0 Å². The monoisotopic (exact) mass is 285 g/mol. The molecule has 0 aliphatic carbocycles. The van der Waals surface area contributed by atoms with Crippen LogP contribution in [0.1, 0.15) is 26.6 Å². The van der Waals surface area contributed by atoms with Crippen LogP contribution < -0.4 is 5.32 Å². The molecule has 0 amide bonds. The lowest BCUT2D eigenvalue weighted by atomic mass is 9.96. The number of aromatic nitrogens is 2. The Kier molecular flexibility index (Phi) is 4.65. The SMILES string of the molecule is CC(C)(C)c1nsc(NCCSC(F)(F)F)n1. The Morgan fingerprint density at radius 1 is 1.29 bits per heavy atom. The molecule has 0 bridgehead atoms. The summed E-state index contributed by atoms with van der Waals surface area (Å²) in [7, 11) is 0. The van der Waals surface area contributed by atoms with Gasteiger partial charge in [0.15, 0.2) is 0 Å². The van der Waals surface area contributed by atoms with Crippen LogP contribution in [-0.2, 0) is 5.41 Å². The van der Waals surface area contributed by atoms with Crippen molar-refractivity contribution in [3.8, 4) is 0 Å². The largest absolute Gasteiger partial charge is 0.441 e. The molecular formula is C9H14F3N3S2. The van der Waals surface area contributed by atoms with Gasteiger partial charge in [0, 0.05) is 29.2 Å². The second kappa shape index (κ2) is 5.43. The summed E-state index contributed by atoms with van der Waals surface area (Å²) < 4.78 is 39.7. The number of anilines is 1. The smallest absolute Gasteiger partial charge is 0.359 e. The molecule has 0 saturated heterocycles. The molecule has 1 rings (SSSR count). The van der Waals surface area contributed by atoms with Crippen LogP contribution in [0.4, 0.5) is 18.3 Å². The fraction of sp³-hybridized carbons (Fsp3) is 0.778. The molecule has 98 valence electrons.